The summed E-state index contributed by atoms with van der Waals surface area (Å²) in [6, 6.07) is 11.6. The average molecular weight is 778 g/mol. The Morgan fingerprint density at radius 3 is 1.66 bits per heavy atom. The van der Waals surface area contributed by atoms with Crippen molar-refractivity contribution in [1.82, 2.24) is 58.7 Å². The van der Waals surface area contributed by atoms with Gasteiger partial charge in [0.05, 0.1) is 46.5 Å². The molecule has 0 spiro atoms. The number of pyridine rings is 2. The van der Waals surface area contributed by atoms with E-state index in [1.54, 1.807) is 67.7 Å². The van der Waals surface area contributed by atoms with Gasteiger partial charge in [0.1, 0.15) is 34.6 Å². The minimum atomic E-state index is -0.276. The highest BCUT2D eigenvalue weighted by atomic mass is 79.9. The lowest BCUT2D eigenvalue weighted by atomic mass is 10.1. The Kier molecular flexibility index (Phi) is 8.53. The number of rotatable bonds is 6. The zero-order valence-corrected chi connectivity index (χ0v) is 29.7. The van der Waals surface area contributed by atoms with E-state index in [-0.39, 0.29) is 23.7 Å². The maximum atomic E-state index is 14.3. The maximum Gasteiger partial charge on any atom is 0.183 e. The van der Waals surface area contributed by atoms with E-state index in [1.807, 2.05) is 43.0 Å². The fourth-order valence-corrected chi connectivity index (χ4v) is 7.40. The van der Waals surface area contributed by atoms with Crippen LogP contribution in [-0.4, -0.2) is 71.8 Å². The van der Waals surface area contributed by atoms with Gasteiger partial charge in [0.15, 0.2) is 11.3 Å². The Morgan fingerprint density at radius 1 is 0.604 bits per heavy atom. The molecule has 14 nitrogen and oxygen atoms in total. The summed E-state index contributed by atoms with van der Waals surface area (Å²) in [5, 5.41) is 17.3. The normalized spacial score (nSPS) is 17.2. The van der Waals surface area contributed by atoms with Crippen LogP contribution in [0.3, 0.4) is 0 Å². The topological polar surface area (TPSA) is 128 Å². The van der Waals surface area contributed by atoms with Gasteiger partial charge in [0, 0.05) is 56.5 Å². The van der Waals surface area contributed by atoms with E-state index >= 15 is 0 Å². The molecule has 0 bridgehead atoms. The molecule has 0 amide bonds. The number of nitrogens with zero attached hydrogens (tertiary/aromatic N) is 14. The summed E-state index contributed by atoms with van der Waals surface area (Å²) in [7, 11) is 0. The molecule has 2 aliphatic rings. The molecule has 0 unspecified atom stereocenters. The maximum absolute atomic E-state index is 14.3. The summed E-state index contributed by atoms with van der Waals surface area (Å²) in [5.74, 6) is 1.02. The first-order valence-corrected chi connectivity index (χ1v) is 17.9. The van der Waals surface area contributed by atoms with Crippen molar-refractivity contribution in [3.63, 3.8) is 0 Å². The van der Waals surface area contributed by atoms with Crippen LogP contribution in [0.25, 0.3) is 22.7 Å². The third-order valence-corrected chi connectivity index (χ3v) is 9.93. The molecule has 0 aromatic carbocycles. The fourth-order valence-electron chi connectivity index (χ4n) is 7.12. The highest BCUT2D eigenvalue weighted by molar-refractivity contribution is 9.10. The quantitative estimate of drug-likeness (QED) is 0.189. The van der Waals surface area contributed by atoms with E-state index in [0.717, 1.165) is 66.3 Å². The van der Waals surface area contributed by atoms with Crippen LogP contribution in [0.15, 0.2) is 109 Å². The van der Waals surface area contributed by atoms with Gasteiger partial charge in [-0.05, 0) is 84.1 Å². The van der Waals surface area contributed by atoms with E-state index in [4.69, 9.17) is 9.97 Å². The van der Waals surface area contributed by atoms with Crippen LogP contribution in [0.4, 0.5) is 20.4 Å². The molecule has 8 aromatic heterocycles. The summed E-state index contributed by atoms with van der Waals surface area (Å²) in [5.41, 5.74) is 3.93. The molecule has 10 heterocycles. The van der Waals surface area contributed by atoms with Gasteiger partial charge in [-0.2, -0.15) is 20.4 Å². The van der Waals surface area contributed by atoms with Crippen molar-refractivity contribution < 1.29 is 8.78 Å². The third-order valence-electron chi connectivity index (χ3n) is 9.52. The average Bonchev–Trinajstić information content (AvgIpc) is 4.03. The number of hydrogen-bond acceptors (Lipinski definition) is 10. The Hall–Kier alpha value is -6.10. The molecule has 266 valence electrons. The van der Waals surface area contributed by atoms with Gasteiger partial charge >= 0.3 is 0 Å². The lowest BCUT2D eigenvalue weighted by Gasteiger charge is -2.25. The predicted molar refractivity (Wildman–Crippen MR) is 195 cm³/mol. The second-order valence-corrected chi connectivity index (χ2v) is 13.6. The molecule has 2 atom stereocenters. The van der Waals surface area contributed by atoms with E-state index in [2.05, 4.69) is 56.1 Å². The predicted octanol–water partition coefficient (Wildman–Crippen LogP) is 6.34. The fraction of sp³-hybridized carbons (Fsp3) is 0.222. The number of anilines is 2. The van der Waals surface area contributed by atoms with E-state index in [0.29, 0.717) is 22.7 Å². The highest BCUT2D eigenvalue weighted by Gasteiger charge is 2.32. The van der Waals surface area contributed by atoms with Crippen molar-refractivity contribution in [3.8, 4) is 11.4 Å². The van der Waals surface area contributed by atoms with Gasteiger partial charge in [0.25, 0.3) is 0 Å². The molecule has 2 fully saturated rings. The number of halogens is 3. The summed E-state index contributed by atoms with van der Waals surface area (Å²) < 4.78 is 36.3. The third kappa shape index (κ3) is 6.15. The molecule has 17 heteroatoms. The molecule has 0 aliphatic carbocycles. The first-order valence-electron chi connectivity index (χ1n) is 17.2. The van der Waals surface area contributed by atoms with Crippen molar-refractivity contribution in [3.05, 3.63) is 132 Å². The van der Waals surface area contributed by atoms with Crippen LogP contribution in [0.2, 0.25) is 0 Å². The lowest BCUT2D eigenvalue weighted by molar-refractivity contribution is 0.562. The minimum Gasteiger partial charge on any atom is -0.348 e. The van der Waals surface area contributed by atoms with Crippen LogP contribution in [-0.2, 0) is 0 Å². The summed E-state index contributed by atoms with van der Waals surface area (Å²) in [6.07, 6.45) is 21.2. The molecule has 8 aromatic rings. The van der Waals surface area contributed by atoms with Crippen LogP contribution >= 0.6 is 15.9 Å². The van der Waals surface area contributed by atoms with Crippen LogP contribution < -0.4 is 9.80 Å². The van der Waals surface area contributed by atoms with Gasteiger partial charge in [-0.1, -0.05) is 0 Å². The SMILES string of the molecule is Fc1cccnc1[C@H]1CCCN1c1ccn2ncc(-n3cc(Br)cn3)c2n1.Fc1cccnc1[C@H]1CCCN1c1ccn2ncc(-n3cccn3)c2n1. The molecule has 10 rings (SSSR count). The summed E-state index contributed by atoms with van der Waals surface area (Å²) >= 11 is 3.41. The first kappa shape index (κ1) is 32.8. The van der Waals surface area contributed by atoms with Crippen molar-refractivity contribution in [1.29, 1.82) is 0 Å². The molecule has 0 radical (unpaired) electrons. The van der Waals surface area contributed by atoms with E-state index in [9.17, 15) is 8.78 Å². The highest BCUT2D eigenvalue weighted by Crippen LogP contribution is 2.37. The van der Waals surface area contributed by atoms with Gasteiger partial charge < -0.3 is 9.80 Å². The van der Waals surface area contributed by atoms with Crippen molar-refractivity contribution >= 4 is 38.9 Å². The Bertz CT molecular complexity index is 2530. The smallest absolute Gasteiger partial charge is 0.183 e. The first-order chi connectivity index (χ1) is 26.0. The van der Waals surface area contributed by atoms with Gasteiger partial charge in [-0.3, -0.25) is 9.97 Å². The Morgan fingerprint density at radius 2 is 1.17 bits per heavy atom. The number of aromatic nitrogens is 12. The lowest BCUT2D eigenvalue weighted by Crippen LogP contribution is -2.25. The largest absolute Gasteiger partial charge is 0.348 e. The summed E-state index contributed by atoms with van der Waals surface area (Å²) in [4.78, 5) is 22.4. The monoisotopic (exact) mass is 776 g/mol. The molecule has 2 aliphatic heterocycles. The standard InChI is InChI=1S/C18H15BrFN7.C18H16FN7/c19-12-9-22-27(11-12)15-10-23-26-8-5-16(24-18(15)26)25-7-2-4-14(25)17-13(20)3-1-6-21-17;19-13-4-1-7-20-17(13)14-5-2-9-24(14)16-6-11-26-18(23-16)15(12-22-26)25-10-3-8-21-25/h1,3,5-6,8-11,14H,2,4,7H2;1,3-4,6-8,10-12,14H,2,5,9H2/t2*14-/m11/s1. The van der Waals surface area contributed by atoms with E-state index < -0.39 is 0 Å². The molecular weight excluding hydrogens is 746 g/mol. The van der Waals surface area contributed by atoms with E-state index in [1.165, 1.54) is 12.1 Å². The number of hydrogen-bond donors (Lipinski definition) is 0. The van der Waals surface area contributed by atoms with Crippen LogP contribution in [0.5, 0.6) is 0 Å². The van der Waals surface area contributed by atoms with Crippen molar-refractivity contribution in [2.24, 2.45) is 0 Å². The molecule has 0 N–H and O–H groups in total. The van der Waals surface area contributed by atoms with Crippen LogP contribution in [0.1, 0.15) is 49.2 Å². The zero-order chi connectivity index (χ0) is 35.9. The second kappa shape index (κ2) is 13.8. The minimum absolute atomic E-state index is 0.109. The second-order valence-electron chi connectivity index (χ2n) is 12.7. The van der Waals surface area contributed by atoms with Gasteiger partial charge in [-0.15, -0.1) is 0 Å². The van der Waals surface area contributed by atoms with Gasteiger partial charge in [-0.25, -0.2) is 37.1 Å². The zero-order valence-electron chi connectivity index (χ0n) is 28.1. The van der Waals surface area contributed by atoms with Gasteiger partial charge in [0.2, 0.25) is 0 Å². The molecule has 2 saturated heterocycles. The number of fused-ring (bicyclic) bond motifs is 2. The Balaban J connectivity index is 0.000000141. The molecule has 53 heavy (non-hydrogen) atoms. The Labute approximate surface area is 309 Å². The molecular formula is C36H31BrF2N14. The van der Waals surface area contributed by atoms with Crippen LogP contribution in [0, 0.1) is 11.6 Å². The van der Waals surface area contributed by atoms with Crippen molar-refractivity contribution in [2.75, 3.05) is 22.9 Å². The molecule has 0 saturated carbocycles. The summed E-state index contributed by atoms with van der Waals surface area (Å²) in [6.45, 7) is 1.62. The van der Waals surface area contributed by atoms with Crippen molar-refractivity contribution in [2.45, 2.75) is 37.8 Å².